The van der Waals surface area contributed by atoms with Gasteiger partial charge >= 0.3 is 0 Å². The van der Waals surface area contributed by atoms with Gasteiger partial charge in [-0.05, 0) is 75.4 Å². The molecular weight excluding hydrogens is 913 g/mol. The van der Waals surface area contributed by atoms with Gasteiger partial charge in [0, 0.05) is 50.5 Å². The fourth-order valence-electron chi connectivity index (χ4n) is 6.17. The van der Waals surface area contributed by atoms with Gasteiger partial charge in [0.05, 0.1) is 22.2 Å². The zero-order valence-electron chi connectivity index (χ0n) is 35.1. The molecule has 6 aromatic rings. The maximum atomic E-state index is 14.9. The van der Waals surface area contributed by atoms with E-state index in [9.17, 15) is 40.7 Å². The first-order valence-corrected chi connectivity index (χ1v) is 19.4. The molecule has 0 atom stereocenters. The third kappa shape index (κ3) is 10.2. The van der Waals surface area contributed by atoms with E-state index in [1.807, 2.05) is 6.92 Å². The van der Waals surface area contributed by atoms with Crippen LogP contribution in [0.25, 0.3) is 25.8 Å². The number of nitrogens with one attached hydrogen (secondary N) is 1. The molecule has 1 saturated heterocycles. The lowest BCUT2D eigenvalue weighted by Gasteiger charge is -2.29. The number of isothiocyanates is 1. The van der Waals surface area contributed by atoms with Crippen LogP contribution < -0.4 is 26.2 Å². The topological polar surface area (TPSA) is 156 Å². The minimum atomic E-state index is -3.04. The summed E-state index contributed by atoms with van der Waals surface area (Å²) in [5, 5.41) is 4.97. The normalized spacial score (nSPS) is 13.0. The third-order valence-corrected chi connectivity index (χ3v) is 9.73. The smallest absolute Gasteiger partial charge is 0.299 e. The Hall–Kier alpha value is -7.97. The molecule has 1 N–H and O–H groups in total. The standard InChI is InChI=1S/C21H15F3N6O2S.C13H11F3N4O.C8H5N3S/c1-10-5-11(8-26-17(10)25-4)29-19(32)21(2,3)30(20(29)33)12-6-13(22)18-27-14(16(23)24)7-15(31)28(18)9-12;1-13(2,17-3)19-7-4-8(14)12-18-9(11(15)16)5-10(21)20(12)6-7;1-6-3-7(11-5-12)4-10-8(6)9-2/h5-9,16H,1-3H3;4-6,11,19H,1-2H3;3-4H,1H3. The molecule has 0 bridgehead atoms. The lowest BCUT2D eigenvalue weighted by molar-refractivity contribution is -0.120. The van der Waals surface area contributed by atoms with Gasteiger partial charge in [-0.25, -0.2) is 42.9 Å². The van der Waals surface area contributed by atoms with Gasteiger partial charge < -0.3 is 19.9 Å². The molecule has 1 fully saturated rings. The van der Waals surface area contributed by atoms with E-state index in [2.05, 4.69) is 62.2 Å². The number of fused-ring (bicyclic) bond motifs is 2. The number of halogens is 6. The van der Waals surface area contributed by atoms with Gasteiger partial charge in [-0.2, -0.15) is 4.99 Å². The summed E-state index contributed by atoms with van der Waals surface area (Å²) in [5.74, 6) is -1.82. The van der Waals surface area contributed by atoms with E-state index in [0.717, 1.165) is 26.5 Å². The lowest BCUT2D eigenvalue weighted by Crippen LogP contribution is -2.44. The van der Waals surface area contributed by atoms with E-state index >= 15 is 0 Å². The Morgan fingerprint density at radius 3 is 1.79 bits per heavy atom. The number of aryl methyl sites for hydroxylation is 2. The van der Waals surface area contributed by atoms with Crippen molar-refractivity contribution in [1.29, 1.82) is 0 Å². The summed E-state index contributed by atoms with van der Waals surface area (Å²) in [7, 11) is 0. The number of aliphatic imine (C=N–C) groups is 1. The molecule has 0 radical (unpaired) electrons. The van der Waals surface area contributed by atoms with E-state index in [0.29, 0.717) is 34.9 Å². The highest BCUT2D eigenvalue weighted by Gasteiger charge is 2.51. The van der Waals surface area contributed by atoms with Gasteiger partial charge in [0.2, 0.25) is 0 Å². The summed E-state index contributed by atoms with van der Waals surface area (Å²) < 4.78 is 81.6. The molecule has 0 aromatic carbocycles. The van der Waals surface area contributed by atoms with Crippen LogP contribution in [0.5, 0.6) is 0 Å². The summed E-state index contributed by atoms with van der Waals surface area (Å²) in [6.07, 6.45) is -0.745. The van der Waals surface area contributed by atoms with Crippen LogP contribution >= 0.6 is 24.4 Å². The molecule has 16 nitrogen and oxygen atoms in total. The molecule has 66 heavy (non-hydrogen) atoms. The first-order valence-electron chi connectivity index (χ1n) is 18.6. The molecule has 7 heterocycles. The summed E-state index contributed by atoms with van der Waals surface area (Å²) in [6.45, 7) is 30.6. The second kappa shape index (κ2) is 19.4. The second-order valence-corrected chi connectivity index (χ2v) is 15.4. The minimum Gasteiger partial charge on any atom is -0.360 e. The van der Waals surface area contributed by atoms with Crippen molar-refractivity contribution < 1.29 is 31.1 Å². The number of alkyl halides is 4. The number of carbonyl (C=O) groups excluding carboxylic acids is 1. The molecule has 0 unspecified atom stereocenters. The molecule has 6 aromatic heterocycles. The van der Waals surface area contributed by atoms with Gasteiger partial charge in [-0.1, -0.05) is 13.1 Å². The molecule has 0 spiro atoms. The maximum absolute atomic E-state index is 14.9. The molecule has 7 rings (SSSR count). The third-order valence-electron chi connectivity index (χ3n) is 9.28. The van der Waals surface area contributed by atoms with Crippen molar-refractivity contribution in [2.45, 2.75) is 65.6 Å². The molecule has 24 heteroatoms. The molecular formula is C42H31F6N13O3S2. The molecule has 1 aliphatic heterocycles. The monoisotopic (exact) mass is 943 g/mol. The van der Waals surface area contributed by atoms with Crippen LogP contribution in [-0.2, 0) is 4.79 Å². The predicted molar refractivity (Wildman–Crippen MR) is 239 cm³/mol. The predicted octanol–water partition coefficient (Wildman–Crippen LogP) is 9.46. The lowest BCUT2D eigenvalue weighted by atomic mass is 10.0. The Bertz CT molecular complexity index is 3260. The highest BCUT2D eigenvalue weighted by atomic mass is 32.1. The van der Waals surface area contributed by atoms with Crippen LogP contribution in [0.4, 0.5) is 60.7 Å². The number of amides is 1. The molecule has 336 valence electrons. The van der Waals surface area contributed by atoms with Crippen LogP contribution in [0.15, 0.2) is 75.8 Å². The maximum Gasteiger partial charge on any atom is 0.299 e. The molecule has 0 aliphatic carbocycles. The molecule has 1 amide bonds. The Morgan fingerprint density at radius 2 is 1.30 bits per heavy atom. The fraction of sp³-hybridized carbons (Fsp3) is 0.238. The molecule has 0 saturated carbocycles. The highest BCUT2D eigenvalue weighted by Crippen LogP contribution is 2.37. The highest BCUT2D eigenvalue weighted by molar-refractivity contribution is 7.81. The average Bonchev–Trinajstić information content (AvgIpc) is 3.43. The van der Waals surface area contributed by atoms with Gasteiger partial charge in [0.25, 0.3) is 47.2 Å². The van der Waals surface area contributed by atoms with Crippen LogP contribution in [0.3, 0.4) is 0 Å². The Kier molecular flexibility index (Phi) is 14.4. The van der Waals surface area contributed by atoms with E-state index in [4.69, 9.17) is 31.9 Å². The van der Waals surface area contributed by atoms with Crippen molar-refractivity contribution in [2.24, 2.45) is 4.99 Å². The average molecular weight is 944 g/mol. The van der Waals surface area contributed by atoms with Crippen molar-refractivity contribution in [3.63, 3.8) is 0 Å². The van der Waals surface area contributed by atoms with E-state index < -0.39 is 75.4 Å². The van der Waals surface area contributed by atoms with Gasteiger partial charge in [0.15, 0.2) is 28.0 Å². The van der Waals surface area contributed by atoms with Crippen molar-refractivity contribution >= 4 is 86.3 Å². The first kappa shape index (κ1) is 49.1. The van der Waals surface area contributed by atoms with Crippen LogP contribution in [-0.4, -0.2) is 56.1 Å². The number of pyridine rings is 4. The Labute approximate surface area is 381 Å². The van der Waals surface area contributed by atoms with Crippen molar-refractivity contribution in [3.8, 4) is 0 Å². The summed E-state index contributed by atoms with van der Waals surface area (Å²) >= 11 is 9.96. The largest absolute Gasteiger partial charge is 0.360 e. The fourth-order valence-corrected chi connectivity index (χ4v) is 6.80. The SMILES string of the molecule is [C-]#[N+]C(C)(C)Nc1cc(F)c2nc(C(F)F)cc(=O)n2c1.[C-]#[N+]c1ncc(N2C(=O)C(C)(C)N(c3cc(F)c4nc(C(F)F)cc(=O)n4c3)C2=S)cc1C.[C-]#[N+]c1ncc(N=C=S)cc1C. The van der Waals surface area contributed by atoms with Crippen molar-refractivity contribution in [1.82, 2.24) is 28.7 Å². The zero-order chi connectivity index (χ0) is 49.0. The summed E-state index contributed by atoms with van der Waals surface area (Å²) in [5.41, 5.74) is -4.14. The van der Waals surface area contributed by atoms with E-state index in [1.165, 1.54) is 34.6 Å². The number of carbonyl (C=O) groups is 1. The van der Waals surface area contributed by atoms with Crippen molar-refractivity contribution in [3.05, 3.63) is 150 Å². The number of rotatable bonds is 7. The number of aromatic nitrogens is 6. The quantitative estimate of drug-likeness (QED) is 0.0704. The van der Waals surface area contributed by atoms with Crippen LogP contribution in [0, 0.1) is 45.2 Å². The second-order valence-electron chi connectivity index (χ2n) is 14.9. The Balaban J connectivity index is 0.000000210. The number of anilines is 3. The van der Waals surface area contributed by atoms with E-state index in [1.54, 1.807) is 46.8 Å². The summed E-state index contributed by atoms with van der Waals surface area (Å²) in [6, 6.07) is 6.60. The van der Waals surface area contributed by atoms with Crippen LogP contribution in [0.1, 0.15) is 63.1 Å². The minimum absolute atomic E-state index is 0.00859. The van der Waals surface area contributed by atoms with E-state index in [-0.39, 0.29) is 22.3 Å². The number of nitrogens with zero attached hydrogens (tertiary/aromatic N) is 12. The first-order chi connectivity index (χ1) is 31.0. The zero-order valence-corrected chi connectivity index (χ0v) is 36.7. The number of thiocarbonyl (C=S) groups is 2. The van der Waals surface area contributed by atoms with Crippen molar-refractivity contribution in [2.75, 3.05) is 15.1 Å². The molecule has 1 aliphatic rings. The van der Waals surface area contributed by atoms with Gasteiger partial charge in [-0.3, -0.25) is 32.9 Å². The Morgan fingerprint density at radius 1 is 0.788 bits per heavy atom. The summed E-state index contributed by atoms with van der Waals surface area (Å²) in [4.78, 5) is 68.5. The number of hydrogen-bond donors (Lipinski definition) is 1. The van der Waals surface area contributed by atoms with Gasteiger partial charge in [-0.15, -0.1) is 9.97 Å². The number of hydrogen-bond acceptors (Lipinski definition) is 11. The van der Waals surface area contributed by atoms with Crippen LogP contribution in [0.2, 0.25) is 0 Å². The van der Waals surface area contributed by atoms with Gasteiger partial charge in [0.1, 0.15) is 35.0 Å².